The molecule has 176 valence electrons. The number of benzene rings is 2. The average Bonchev–Trinajstić information content (AvgIpc) is 3.40. The van der Waals surface area contributed by atoms with Gasteiger partial charge in [-0.25, -0.2) is 4.39 Å². The second-order valence-corrected chi connectivity index (χ2v) is 9.92. The quantitative estimate of drug-likeness (QED) is 0.608. The van der Waals surface area contributed by atoms with Gasteiger partial charge in [-0.1, -0.05) is 31.4 Å². The summed E-state index contributed by atoms with van der Waals surface area (Å²) in [6.45, 7) is 0. The number of phenols is 1. The third-order valence-electron chi connectivity index (χ3n) is 8.04. The second-order valence-electron chi connectivity index (χ2n) is 9.92. The van der Waals surface area contributed by atoms with Gasteiger partial charge in [-0.05, 0) is 55.2 Å². The van der Waals surface area contributed by atoms with Crippen LogP contribution in [0.5, 0.6) is 5.75 Å². The van der Waals surface area contributed by atoms with Gasteiger partial charge in [0.25, 0.3) is 0 Å². The number of likely N-dealkylation sites (tertiary alicyclic amines) is 1. The van der Waals surface area contributed by atoms with E-state index in [0.29, 0.717) is 17.7 Å². The zero-order valence-electron chi connectivity index (χ0n) is 18.6. The summed E-state index contributed by atoms with van der Waals surface area (Å²) in [7, 11) is 0. The Morgan fingerprint density at radius 3 is 2.47 bits per heavy atom. The maximum Gasteiger partial charge on any atom is 0.250 e. The van der Waals surface area contributed by atoms with Crippen molar-refractivity contribution in [2.24, 2.45) is 11.8 Å². The number of hydrogen-bond acceptors (Lipinski definition) is 5. The number of fused-ring (bicyclic) bond motifs is 4. The molecular weight excluding hydrogens is 437 g/mol. The predicted octanol–water partition coefficient (Wildman–Crippen LogP) is 2.83. The van der Waals surface area contributed by atoms with Crippen molar-refractivity contribution in [2.75, 3.05) is 5.32 Å². The van der Waals surface area contributed by atoms with Crippen molar-refractivity contribution in [2.45, 2.75) is 56.1 Å². The molecule has 7 nitrogen and oxygen atoms in total. The Balaban J connectivity index is 1.46. The molecule has 4 aliphatic rings. The molecule has 0 bridgehead atoms. The molecule has 0 radical (unpaired) electrons. The van der Waals surface area contributed by atoms with Crippen molar-refractivity contribution in [3.63, 3.8) is 0 Å². The summed E-state index contributed by atoms with van der Waals surface area (Å²) in [5.41, 5.74) is 0.201. The van der Waals surface area contributed by atoms with E-state index in [0.717, 1.165) is 37.7 Å². The molecule has 1 aliphatic carbocycles. The minimum Gasteiger partial charge on any atom is -0.508 e. The Morgan fingerprint density at radius 2 is 1.74 bits per heavy atom. The van der Waals surface area contributed by atoms with Crippen molar-refractivity contribution in [3.05, 3.63) is 59.4 Å². The number of hydrogen-bond donors (Lipinski definition) is 3. The number of phenolic OH excluding ortho intramolecular Hbond substituents is 1. The number of aromatic hydroxyl groups is 1. The normalized spacial score (nSPS) is 30.7. The molecule has 2 aromatic rings. The van der Waals surface area contributed by atoms with Gasteiger partial charge < -0.3 is 10.4 Å². The first-order valence-corrected chi connectivity index (χ1v) is 11.9. The Bertz CT molecular complexity index is 1190. The Hall–Kier alpha value is -3.26. The van der Waals surface area contributed by atoms with Gasteiger partial charge in [0.1, 0.15) is 17.1 Å². The molecule has 4 atom stereocenters. The van der Waals surface area contributed by atoms with Crippen molar-refractivity contribution >= 4 is 23.4 Å². The largest absolute Gasteiger partial charge is 0.508 e. The number of nitrogens with one attached hydrogen (secondary N) is 2. The van der Waals surface area contributed by atoms with E-state index >= 15 is 0 Å². The van der Waals surface area contributed by atoms with E-state index < -0.39 is 35.1 Å². The van der Waals surface area contributed by atoms with Crippen molar-refractivity contribution in [1.29, 1.82) is 0 Å². The molecule has 1 saturated carbocycles. The van der Waals surface area contributed by atoms with Crippen LogP contribution in [0.2, 0.25) is 0 Å². The SMILES string of the molecule is O=C1[C@@H]2[C@H](Cc3ccc(O)cc3)N[C@@]3(C(=O)Nc4ccc(F)cc43)[C@@H]2C(=O)N1C1CCCCC1. The molecule has 3 amide bonds. The highest BCUT2D eigenvalue weighted by Crippen LogP contribution is 2.54. The van der Waals surface area contributed by atoms with Crippen molar-refractivity contribution in [3.8, 4) is 5.75 Å². The van der Waals surface area contributed by atoms with Crippen LogP contribution in [0.3, 0.4) is 0 Å². The fourth-order valence-corrected chi connectivity index (χ4v) is 6.56. The van der Waals surface area contributed by atoms with Crippen LogP contribution >= 0.6 is 0 Å². The van der Waals surface area contributed by atoms with E-state index in [1.165, 1.54) is 23.1 Å². The highest BCUT2D eigenvalue weighted by molar-refractivity contribution is 6.15. The molecule has 6 rings (SSSR count). The first kappa shape index (κ1) is 21.3. The number of nitrogens with zero attached hydrogens (tertiary/aromatic N) is 1. The lowest BCUT2D eigenvalue weighted by molar-refractivity contribution is -0.146. The molecule has 8 heteroatoms. The third-order valence-corrected chi connectivity index (χ3v) is 8.04. The molecule has 0 aromatic heterocycles. The molecule has 3 heterocycles. The van der Waals surface area contributed by atoms with E-state index in [1.54, 1.807) is 24.3 Å². The van der Waals surface area contributed by atoms with E-state index in [9.17, 15) is 23.9 Å². The number of rotatable bonds is 3. The summed E-state index contributed by atoms with van der Waals surface area (Å²) in [4.78, 5) is 42.6. The van der Waals surface area contributed by atoms with Crippen molar-refractivity contribution in [1.82, 2.24) is 10.2 Å². The number of halogens is 1. The third kappa shape index (κ3) is 2.94. The van der Waals surface area contributed by atoms with Crippen LogP contribution in [-0.2, 0) is 26.3 Å². The van der Waals surface area contributed by atoms with Gasteiger partial charge in [-0.15, -0.1) is 0 Å². The van der Waals surface area contributed by atoms with E-state index in [-0.39, 0.29) is 23.6 Å². The summed E-state index contributed by atoms with van der Waals surface area (Å²) in [6, 6.07) is 10.1. The van der Waals surface area contributed by atoms with E-state index in [4.69, 9.17) is 0 Å². The lowest BCUT2D eigenvalue weighted by Crippen LogP contribution is -2.54. The highest BCUT2D eigenvalue weighted by Gasteiger charge is 2.70. The van der Waals surface area contributed by atoms with Crippen LogP contribution in [0.15, 0.2) is 42.5 Å². The lowest BCUT2D eigenvalue weighted by Gasteiger charge is -2.34. The fraction of sp³-hybridized carbons (Fsp3) is 0.423. The maximum absolute atomic E-state index is 14.3. The first-order valence-electron chi connectivity index (χ1n) is 11.9. The Morgan fingerprint density at radius 1 is 1.00 bits per heavy atom. The minimum absolute atomic E-state index is 0.132. The molecule has 2 aromatic carbocycles. The first-order chi connectivity index (χ1) is 16.4. The summed E-state index contributed by atoms with van der Waals surface area (Å²) in [5.74, 6) is -3.05. The second kappa shape index (κ2) is 7.63. The van der Waals surface area contributed by atoms with E-state index in [1.807, 2.05) is 0 Å². The Kier molecular flexibility index (Phi) is 4.78. The van der Waals surface area contributed by atoms with Crippen LogP contribution in [0.4, 0.5) is 10.1 Å². The zero-order valence-corrected chi connectivity index (χ0v) is 18.6. The van der Waals surface area contributed by atoms with Gasteiger partial charge in [-0.3, -0.25) is 24.6 Å². The number of amides is 3. The van der Waals surface area contributed by atoms with Crippen LogP contribution in [-0.4, -0.2) is 39.8 Å². The fourth-order valence-electron chi connectivity index (χ4n) is 6.56. The number of anilines is 1. The maximum atomic E-state index is 14.3. The summed E-state index contributed by atoms with van der Waals surface area (Å²) >= 11 is 0. The molecule has 3 aliphatic heterocycles. The van der Waals surface area contributed by atoms with Crippen LogP contribution in [0, 0.1) is 17.7 Å². The molecule has 0 unspecified atom stereocenters. The van der Waals surface area contributed by atoms with Crippen molar-refractivity contribution < 1.29 is 23.9 Å². The van der Waals surface area contributed by atoms with Gasteiger partial charge in [-0.2, -0.15) is 0 Å². The molecular formula is C26H26FN3O4. The predicted molar refractivity (Wildman–Crippen MR) is 121 cm³/mol. The molecule has 34 heavy (non-hydrogen) atoms. The minimum atomic E-state index is -1.50. The van der Waals surface area contributed by atoms with E-state index in [2.05, 4.69) is 10.6 Å². The molecule has 3 fully saturated rings. The van der Waals surface area contributed by atoms with Gasteiger partial charge >= 0.3 is 0 Å². The number of imide groups is 1. The number of carbonyl (C=O) groups is 3. The van der Waals surface area contributed by atoms with Gasteiger partial charge in [0, 0.05) is 23.3 Å². The molecule has 3 N–H and O–H groups in total. The summed E-state index contributed by atoms with van der Waals surface area (Å²) in [6.07, 6.45) is 4.95. The van der Waals surface area contributed by atoms with Crippen LogP contribution in [0.25, 0.3) is 0 Å². The summed E-state index contributed by atoms with van der Waals surface area (Å²) in [5, 5.41) is 15.8. The monoisotopic (exact) mass is 463 g/mol. The molecule has 1 spiro atoms. The smallest absolute Gasteiger partial charge is 0.250 e. The highest BCUT2D eigenvalue weighted by atomic mass is 19.1. The average molecular weight is 464 g/mol. The van der Waals surface area contributed by atoms with Crippen LogP contribution < -0.4 is 10.6 Å². The zero-order chi connectivity index (χ0) is 23.6. The standard InChI is InChI=1S/C26H26FN3O4/c27-15-8-11-19-18(13-15)26(25(34)28-19)22-21(20(29-26)12-14-6-9-17(31)10-7-14)23(32)30(24(22)33)16-4-2-1-3-5-16/h6-11,13,16,20-22,29,31H,1-5,12H2,(H,28,34)/t20-,21+,22-,26+/m0/s1. The van der Waals surface area contributed by atoms with Gasteiger partial charge in [0.2, 0.25) is 17.7 Å². The lowest BCUT2D eigenvalue weighted by atomic mass is 9.76. The summed E-state index contributed by atoms with van der Waals surface area (Å²) < 4.78 is 14.3. The van der Waals surface area contributed by atoms with Crippen LogP contribution in [0.1, 0.15) is 43.2 Å². The van der Waals surface area contributed by atoms with Gasteiger partial charge in [0.05, 0.1) is 11.8 Å². The molecule has 2 saturated heterocycles. The number of carbonyl (C=O) groups excluding carboxylic acids is 3. The van der Waals surface area contributed by atoms with Gasteiger partial charge in [0.15, 0.2) is 0 Å². The Labute approximate surface area is 196 Å². The topological polar surface area (TPSA) is 98.7 Å².